The molecule has 8 nitrogen and oxygen atoms in total. The van der Waals surface area contributed by atoms with Gasteiger partial charge in [0.1, 0.15) is 11.9 Å². The van der Waals surface area contributed by atoms with E-state index in [4.69, 9.17) is 0 Å². The highest BCUT2D eigenvalue weighted by molar-refractivity contribution is 6.06. The molecule has 4 heterocycles. The lowest BCUT2D eigenvalue weighted by Crippen LogP contribution is -2.52. The van der Waals surface area contributed by atoms with Crippen molar-refractivity contribution >= 4 is 23.4 Å². The summed E-state index contributed by atoms with van der Waals surface area (Å²) in [5.74, 6) is -1.63. The van der Waals surface area contributed by atoms with Crippen LogP contribution in [0.2, 0.25) is 0 Å². The standard InChI is InChI=1S/C30H30FN5O3/c1-19-2-5-21(6-3-19)25-7-4-20(16-32-25)17-34-10-12-35(13-11-34)27-15-22(31)14-23-24(27)18-36(30(23)39)26-8-9-28(37)33-29(26)38/h2-7,14-16,26H,8-13,17-18H2,1H3,(H,33,37,38). The molecule has 6 rings (SSSR count). The van der Waals surface area contributed by atoms with Crippen LogP contribution in [0.1, 0.15) is 39.9 Å². The van der Waals surface area contributed by atoms with Crippen molar-refractivity contribution in [2.75, 3.05) is 31.1 Å². The van der Waals surface area contributed by atoms with Crippen molar-refractivity contribution in [3.05, 3.63) is 82.8 Å². The minimum atomic E-state index is -0.721. The summed E-state index contributed by atoms with van der Waals surface area (Å²) in [6.07, 6.45) is 2.39. The fraction of sp³-hybridized carbons (Fsp3) is 0.333. The number of pyridine rings is 1. The molecule has 200 valence electrons. The van der Waals surface area contributed by atoms with Crippen molar-refractivity contribution in [1.82, 2.24) is 20.1 Å². The van der Waals surface area contributed by atoms with Crippen LogP contribution in [0.25, 0.3) is 11.3 Å². The van der Waals surface area contributed by atoms with Crippen LogP contribution in [0.4, 0.5) is 10.1 Å². The van der Waals surface area contributed by atoms with Crippen LogP contribution in [-0.2, 0) is 22.7 Å². The van der Waals surface area contributed by atoms with E-state index in [1.807, 2.05) is 6.20 Å². The lowest BCUT2D eigenvalue weighted by atomic mass is 10.0. The molecule has 0 radical (unpaired) electrons. The molecule has 3 amide bonds. The Kier molecular flexibility index (Phi) is 6.60. The van der Waals surface area contributed by atoms with Gasteiger partial charge in [0.15, 0.2) is 0 Å². The zero-order valence-corrected chi connectivity index (χ0v) is 21.8. The minimum absolute atomic E-state index is 0.184. The molecule has 1 aromatic heterocycles. The number of amides is 3. The number of imide groups is 1. The van der Waals surface area contributed by atoms with Gasteiger partial charge < -0.3 is 9.80 Å². The summed E-state index contributed by atoms with van der Waals surface area (Å²) in [5.41, 5.74) is 6.15. The summed E-state index contributed by atoms with van der Waals surface area (Å²) in [6.45, 7) is 6.03. The van der Waals surface area contributed by atoms with E-state index in [9.17, 15) is 18.8 Å². The predicted octanol–water partition coefficient (Wildman–Crippen LogP) is 3.28. The Labute approximate surface area is 226 Å². The number of carbonyl (C=O) groups is 3. The molecule has 3 aliphatic heterocycles. The summed E-state index contributed by atoms with van der Waals surface area (Å²) in [5, 5.41) is 2.31. The van der Waals surface area contributed by atoms with Gasteiger partial charge in [-0.2, -0.15) is 0 Å². The van der Waals surface area contributed by atoms with Crippen molar-refractivity contribution in [2.24, 2.45) is 0 Å². The second kappa shape index (κ2) is 10.2. The normalized spacial score (nSPS) is 19.8. The minimum Gasteiger partial charge on any atom is -0.369 e. The Morgan fingerprint density at radius 3 is 2.46 bits per heavy atom. The number of hydrogen-bond acceptors (Lipinski definition) is 6. The van der Waals surface area contributed by atoms with Gasteiger partial charge in [-0.1, -0.05) is 35.9 Å². The van der Waals surface area contributed by atoms with Crippen molar-refractivity contribution < 1.29 is 18.8 Å². The lowest BCUT2D eigenvalue weighted by Gasteiger charge is -2.37. The first-order valence-electron chi connectivity index (χ1n) is 13.3. The van der Waals surface area contributed by atoms with Crippen molar-refractivity contribution in [1.29, 1.82) is 0 Å². The van der Waals surface area contributed by atoms with Crippen molar-refractivity contribution in [2.45, 2.75) is 38.9 Å². The largest absolute Gasteiger partial charge is 0.369 e. The number of nitrogens with one attached hydrogen (secondary N) is 1. The van der Waals surface area contributed by atoms with E-state index in [0.29, 0.717) is 24.3 Å². The Hall–Kier alpha value is -4.11. The first-order chi connectivity index (χ1) is 18.9. The SMILES string of the molecule is Cc1ccc(-c2ccc(CN3CCN(c4cc(F)cc5c4CN(C4CCC(=O)NC4=O)C5=O)CC3)cn2)cc1. The number of piperazine rings is 1. The highest BCUT2D eigenvalue weighted by Crippen LogP contribution is 2.35. The van der Waals surface area contributed by atoms with Crippen molar-refractivity contribution in [3.63, 3.8) is 0 Å². The molecule has 3 aromatic rings. The van der Waals surface area contributed by atoms with Crippen LogP contribution < -0.4 is 10.2 Å². The van der Waals surface area contributed by atoms with Gasteiger partial charge in [-0.3, -0.25) is 29.6 Å². The number of aryl methyl sites for hydroxylation is 1. The van der Waals surface area contributed by atoms with E-state index in [0.717, 1.165) is 42.0 Å². The zero-order chi connectivity index (χ0) is 27.1. The average molecular weight is 528 g/mol. The number of carbonyl (C=O) groups excluding carboxylic acids is 3. The number of rotatable bonds is 5. The second-order valence-electron chi connectivity index (χ2n) is 10.5. The molecule has 9 heteroatoms. The van der Waals surface area contributed by atoms with Gasteiger partial charge in [-0.25, -0.2) is 4.39 Å². The number of piperidine rings is 1. The maximum atomic E-state index is 14.6. The third kappa shape index (κ3) is 5.02. The number of aromatic nitrogens is 1. The van der Waals surface area contributed by atoms with E-state index < -0.39 is 17.8 Å². The number of anilines is 1. The zero-order valence-electron chi connectivity index (χ0n) is 21.8. The Bertz CT molecular complexity index is 1430. The molecule has 2 fully saturated rings. The maximum Gasteiger partial charge on any atom is 0.255 e. The Morgan fingerprint density at radius 1 is 1.00 bits per heavy atom. The Morgan fingerprint density at radius 2 is 1.77 bits per heavy atom. The van der Waals surface area contributed by atoms with Crippen LogP contribution in [0.3, 0.4) is 0 Å². The van der Waals surface area contributed by atoms with Crippen molar-refractivity contribution in [3.8, 4) is 11.3 Å². The van der Waals surface area contributed by atoms with Gasteiger partial charge in [-0.05, 0) is 37.1 Å². The molecule has 1 unspecified atom stereocenters. The van der Waals surface area contributed by atoms with E-state index in [1.54, 1.807) is 0 Å². The van der Waals surface area contributed by atoms with E-state index in [2.05, 4.69) is 63.4 Å². The van der Waals surface area contributed by atoms with Gasteiger partial charge in [0, 0.05) is 74.3 Å². The summed E-state index contributed by atoms with van der Waals surface area (Å²) in [6, 6.07) is 14.5. The number of halogens is 1. The first kappa shape index (κ1) is 25.2. The number of benzene rings is 2. The summed E-state index contributed by atoms with van der Waals surface area (Å²) in [7, 11) is 0. The predicted molar refractivity (Wildman–Crippen MR) is 144 cm³/mol. The third-order valence-electron chi connectivity index (χ3n) is 7.89. The highest BCUT2D eigenvalue weighted by Gasteiger charge is 2.41. The molecule has 0 saturated carbocycles. The lowest BCUT2D eigenvalue weighted by molar-refractivity contribution is -0.136. The highest BCUT2D eigenvalue weighted by atomic mass is 19.1. The fourth-order valence-corrected chi connectivity index (χ4v) is 5.71. The summed E-state index contributed by atoms with van der Waals surface area (Å²) >= 11 is 0. The van der Waals surface area contributed by atoms with Gasteiger partial charge in [0.05, 0.1) is 5.69 Å². The number of hydrogen-bond donors (Lipinski definition) is 1. The van der Waals surface area contributed by atoms with Gasteiger partial charge in [0.2, 0.25) is 11.8 Å². The third-order valence-corrected chi connectivity index (χ3v) is 7.89. The van der Waals surface area contributed by atoms with Crippen LogP contribution in [0.15, 0.2) is 54.7 Å². The molecule has 1 atom stereocenters. The molecule has 0 spiro atoms. The van der Waals surface area contributed by atoms with E-state index in [-0.39, 0.29) is 31.2 Å². The first-order valence-corrected chi connectivity index (χ1v) is 13.3. The number of nitrogens with zero attached hydrogens (tertiary/aromatic N) is 4. The summed E-state index contributed by atoms with van der Waals surface area (Å²) in [4.78, 5) is 47.7. The average Bonchev–Trinajstić information content (AvgIpc) is 3.25. The number of fused-ring (bicyclic) bond motifs is 1. The molecule has 39 heavy (non-hydrogen) atoms. The summed E-state index contributed by atoms with van der Waals surface area (Å²) < 4.78 is 14.6. The maximum absolute atomic E-state index is 14.6. The fourth-order valence-electron chi connectivity index (χ4n) is 5.71. The molecule has 2 aromatic carbocycles. The van der Waals surface area contributed by atoms with E-state index >= 15 is 0 Å². The van der Waals surface area contributed by atoms with Gasteiger partial charge in [-0.15, -0.1) is 0 Å². The van der Waals surface area contributed by atoms with Gasteiger partial charge in [0.25, 0.3) is 5.91 Å². The van der Waals surface area contributed by atoms with Crippen LogP contribution in [0.5, 0.6) is 0 Å². The molecule has 3 aliphatic rings. The molecule has 0 bridgehead atoms. The smallest absolute Gasteiger partial charge is 0.255 e. The second-order valence-corrected chi connectivity index (χ2v) is 10.5. The molecule has 1 N–H and O–H groups in total. The molecule has 2 saturated heterocycles. The Balaban J connectivity index is 1.11. The van der Waals surface area contributed by atoms with Gasteiger partial charge >= 0.3 is 0 Å². The van der Waals surface area contributed by atoms with Crippen LogP contribution >= 0.6 is 0 Å². The molecular weight excluding hydrogens is 497 g/mol. The molecular formula is C30H30FN5O3. The molecule has 0 aliphatic carbocycles. The monoisotopic (exact) mass is 527 g/mol. The van der Waals surface area contributed by atoms with Crippen LogP contribution in [-0.4, -0.2) is 64.7 Å². The van der Waals surface area contributed by atoms with E-state index in [1.165, 1.54) is 22.6 Å². The quantitative estimate of drug-likeness (QED) is 0.513. The van der Waals surface area contributed by atoms with Crippen LogP contribution in [0, 0.1) is 12.7 Å². The topological polar surface area (TPSA) is 85.9 Å².